The van der Waals surface area contributed by atoms with Gasteiger partial charge in [0.2, 0.25) is 5.91 Å². The standard InChI is InChI=1S/C22H29N5O4/c1-15-6-5-7-17(14-15)23-20(30)26-12-10-25(11-13-26)18(28)16(2)27-19(29)22(24-21(27)31)8-3-4-9-22/h5-7,14,16H,3-4,8-13H2,1-2H3,(H,23,30)(H,24,31). The highest BCUT2D eigenvalue weighted by molar-refractivity contribution is 6.10. The van der Waals surface area contributed by atoms with Crippen LogP contribution >= 0.6 is 0 Å². The molecule has 2 aliphatic heterocycles. The molecule has 1 atom stereocenters. The van der Waals surface area contributed by atoms with E-state index < -0.39 is 17.6 Å². The number of carbonyl (C=O) groups is 4. The molecule has 3 fully saturated rings. The third-order valence-electron chi connectivity index (χ3n) is 6.54. The molecule has 9 nitrogen and oxygen atoms in total. The zero-order valence-corrected chi connectivity index (χ0v) is 18.0. The number of aryl methyl sites for hydroxylation is 1. The molecule has 31 heavy (non-hydrogen) atoms. The Morgan fingerprint density at radius 1 is 1.06 bits per heavy atom. The fraction of sp³-hybridized carbons (Fsp3) is 0.545. The lowest BCUT2D eigenvalue weighted by molar-refractivity contribution is -0.143. The number of nitrogens with zero attached hydrogens (tertiary/aromatic N) is 3. The van der Waals surface area contributed by atoms with E-state index in [-0.39, 0.29) is 17.8 Å². The molecule has 0 aromatic heterocycles. The van der Waals surface area contributed by atoms with Crippen LogP contribution in [0.15, 0.2) is 24.3 Å². The van der Waals surface area contributed by atoms with Crippen molar-refractivity contribution in [3.8, 4) is 0 Å². The molecular formula is C22H29N5O4. The number of rotatable bonds is 3. The van der Waals surface area contributed by atoms with Gasteiger partial charge >= 0.3 is 12.1 Å². The number of urea groups is 2. The predicted molar refractivity (Wildman–Crippen MR) is 114 cm³/mol. The minimum atomic E-state index is -0.861. The van der Waals surface area contributed by atoms with Crippen molar-refractivity contribution in [3.63, 3.8) is 0 Å². The molecule has 1 aliphatic carbocycles. The SMILES string of the molecule is Cc1cccc(NC(=O)N2CCN(C(=O)C(C)N3C(=O)NC4(CCCC4)C3=O)CC2)c1. The summed E-state index contributed by atoms with van der Waals surface area (Å²) in [6, 6.07) is 6.03. The zero-order valence-electron chi connectivity index (χ0n) is 18.0. The van der Waals surface area contributed by atoms with Gasteiger partial charge in [0.25, 0.3) is 5.91 Å². The van der Waals surface area contributed by atoms with Crippen molar-refractivity contribution >= 4 is 29.6 Å². The van der Waals surface area contributed by atoms with Crippen molar-refractivity contribution in [3.05, 3.63) is 29.8 Å². The first-order chi connectivity index (χ1) is 14.8. The van der Waals surface area contributed by atoms with Crippen molar-refractivity contribution in [2.24, 2.45) is 0 Å². The number of hydrogen-bond donors (Lipinski definition) is 2. The van der Waals surface area contributed by atoms with Gasteiger partial charge in [0, 0.05) is 31.9 Å². The van der Waals surface area contributed by atoms with E-state index in [0.717, 1.165) is 29.0 Å². The van der Waals surface area contributed by atoms with Gasteiger partial charge in [-0.15, -0.1) is 0 Å². The largest absolute Gasteiger partial charge is 0.337 e. The average Bonchev–Trinajstić information content (AvgIpc) is 3.31. The molecule has 2 N–H and O–H groups in total. The summed E-state index contributed by atoms with van der Waals surface area (Å²) >= 11 is 0. The van der Waals surface area contributed by atoms with Gasteiger partial charge in [0.1, 0.15) is 11.6 Å². The second kappa shape index (κ2) is 8.20. The van der Waals surface area contributed by atoms with E-state index in [2.05, 4.69) is 10.6 Å². The van der Waals surface area contributed by atoms with E-state index >= 15 is 0 Å². The molecular weight excluding hydrogens is 398 g/mol. The lowest BCUT2D eigenvalue weighted by Gasteiger charge is -2.37. The van der Waals surface area contributed by atoms with E-state index in [1.54, 1.807) is 16.7 Å². The van der Waals surface area contributed by atoms with Crippen LogP contribution in [0, 0.1) is 6.92 Å². The molecule has 4 rings (SSSR count). The highest BCUT2D eigenvalue weighted by Crippen LogP contribution is 2.36. The van der Waals surface area contributed by atoms with Crippen molar-refractivity contribution in [2.75, 3.05) is 31.5 Å². The fourth-order valence-corrected chi connectivity index (χ4v) is 4.74. The van der Waals surface area contributed by atoms with Crippen LogP contribution in [0.25, 0.3) is 0 Å². The van der Waals surface area contributed by atoms with Gasteiger partial charge < -0.3 is 20.4 Å². The Kier molecular flexibility index (Phi) is 5.60. The molecule has 0 bridgehead atoms. The summed E-state index contributed by atoms with van der Waals surface area (Å²) in [5, 5.41) is 5.70. The molecule has 6 amide bonds. The van der Waals surface area contributed by atoms with E-state index in [1.807, 2.05) is 31.2 Å². The normalized spacial score (nSPS) is 21.4. The molecule has 2 heterocycles. The number of hydrogen-bond acceptors (Lipinski definition) is 4. The topological polar surface area (TPSA) is 102 Å². The van der Waals surface area contributed by atoms with E-state index in [9.17, 15) is 19.2 Å². The van der Waals surface area contributed by atoms with Crippen LogP contribution in [0.1, 0.15) is 38.2 Å². The summed E-state index contributed by atoms with van der Waals surface area (Å²) < 4.78 is 0. The Labute approximate surface area is 181 Å². The summed E-state index contributed by atoms with van der Waals surface area (Å²) in [5.41, 5.74) is 0.969. The number of piperazine rings is 1. The molecule has 166 valence electrons. The van der Waals surface area contributed by atoms with Crippen LogP contribution < -0.4 is 10.6 Å². The molecule has 1 unspecified atom stereocenters. The van der Waals surface area contributed by atoms with Crippen molar-refractivity contribution in [2.45, 2.75) is 51.1 Å². The van der Waals surface area contributed by atoms with Gasteiger partial charge in [-0.1, -0.05) is 25.0 Å². The second-order valence-corrected chi connectivity index (χ2v) is 8.68. The van der Waals surface area contributed by atoms with Crippen LogP contribution in [-0.2, 0) is 9.59 Å². The molecule has 0 radical (unpaired) electrons. The summed E-state index contributed by atoms with van der Waals surface area (Å²) in [4.78, 5) is 55.3. The molecule has 2 saturated heterocycles. The summed E-state index contributed by atoms with van der Waals surface area (Å²) in [5.74, 6) is -0.552. The van der Waals surface area contributed by atoms with Gasteiger partial charge in [-0.3, -0.25) is 9.59 Å². The average molecular weight is 428 g/mol. The fourth-order valence-electron chi connectivity index (χ4n) is 4.74. The van der Waals surface area contributed by atoms with Gasteiger partial charge in [0.05, 0.1) is 0 Å². The van der Waals surface area contributed by atoms with Crippen LogP contribution in [0.4, 0.5) is 15.3 Å². The molecule has 1 aromatic carbocycles. The smallest absolute Gasteiger partial charge is 0.325 e. The number of carbonyl (C=O) groups excluding carboxylic acids is 4. The van der Waals surface area contributed by atoms with Gasteiger partial charge in [-0.05, 0) is 44.4 Å². The first-order valence-corrected chi connectivity index (χ1v) is 10.9. The third kappa shape index (κ3) is 3.96. The van der Waals surface area contributed by atoms with E-state index in [0.29, 0.717) is 39.0 Å². The molecule has 9 heteroatoms. The van der Waals surface area contributed by atoms with Crippen molar-refractivity contribution in [1.29, 1.82) is 0 Å². The number of benzene rings is 1. The first kappa shape index (κ1) is 21.1. The number of amides is 6. The Balaban J connectivity index is 1.33. The molecule has 1 aromatic rings. The van der Waals surface area contributed by atoms with Crippen molar-refractivity contribution < 1.29 is 19.2 Å². The van der Waals surface area contributed by atoms with Crippen LogP contribution in [0.3, 0.4) is 0 Å². The maximum Gasteiger partial charge on any atom is 0.325 e. The minimum Gasteiger partial charge on any atom is -0.337 e. The van der Waals surface area contributed by atoms with Crippen LogP contribution in [-0.4, -0.2) is 76.3 Å². The summed E-state index contributed by atoms with van der Waals surface area (Å²) in [6.45, 7) is 5.06. The van der Waals surface area contributed by atoms with E-state index in [4.69, 9.17) is 0 Å². The maximum atomic E-state index is 13.0. The predicted octanol–water partition coefficient (Wildman–Crippen LogP) is 1.92. The molecule has 1 saturated carbocycles. The third-order valence-corrected chi connectivity index (χ3v) is 6.54. The first-order valence-electron chi connectivity index (χ1n) is 10.9. The lowest BCUT2D eigenvalue weighted by Crippen LogP contribution is -2.57. The van der Waals surface area contributed by atoms with Gasteiger partial charge in [0.15, 0.2) is 0 Å². The van der Waals surface area contributed by atoms with Crippen LogP contribution in [0.5, 0.6) is 0 Å². The zero-order chi connectivity index (χ0) is 22.2. The Morgan fingerprint density at radius 2 is 1.71 bits per heavy atom. The minimum absolute atomic E-state index is 0.206. The number of nitrogens with one attached hydrogen (secondary N) is 2. The van der Waals surface area contributed by atoms with Gasteiger partial charge in [-0.25, -0.2) is 14.5 Å². The number of anilines is 1. The molecule has 3 aliphatic rings. The lowest BCUT2D eigenvalue weighted by atomic mass is 9.97. The van der Waals surface area contributed by atoms with Crippen molar-refractivity contribution in [1.82, 2.24) is 20.0 Å². The Morgan fingerprint density at radius 3 is 2.35 bits per heavy atom. The van der Waals surface area contributed by atoms with E-state index in [1.165, 1.54) is 0 Å². The summed E-state index contributed by atoms with van der Waals surface area (Å²) in [6.07, 6.45) is 3.05. The van der Waals surface area contributed by atoms with Crippen LogP contribution in [0.2, 0.25) is 0 Å². The monoisotopic (exact) mass is 427 g/mol. The Hall–Kier alpha value is -3.10. The second-order valence-electron chi connectivity index (χ2n) is 8.68. The molecule has 1 spiro atoms. The highest BCUT2D eigenvalue weighted by Gasteiger charge is 2.54. The number of imide groups is 1. The quantitative estimate of drug-likeness (QED) is 0.720. The maximum absolute atomic E-state index is 13.0. The highest BCUT2D eigenvalue weighted by atomic mass is 16.2. The van der Waals surface area contributed by atoms with Gasteiger partial charge in [-0.2, -0.15) is 0 Å². The summed E-state index contributed by atoms with van der Waals surface area (Å²) in [7, 11) is 0. The Bertz CT molecular complexity index is 903.